The maximum atomic E-state index is 14.9. The average molecular weight is 748 g/mol. The molecule has 5 aromatic rings. The molecule has 8 rings (SSSR count). The van der Waals surface area contributed by atoms with Gasteiger partial charge in [-0.15, -0.1) is 0 Å². The Morgan fingerprint density at radius 1 is 0.857 bits per heavy atom. The molecule has 10 nitrogen and oxygen atoms in total. The maximum Gasteiger partial charge on any atom is 0.325 e. The number of ether oxygens (including phenoxy) is 2. The molecule has 3 aliphatic heterocycles. The first-order valence-electron chi connectivity index (χ1n) is 18.6. The number of cyclic esters (lactones) is 1. The number of nitrogens with one attached hydrogen (secondary N) is 1. The summed E-state index contributed by atoms with van der Waals surface area (Å²) >= 11 is 0. The van der Waals surface area contributed by atoms with Crippen molar-refractivity contribution >= 4 is 23.5 Å². The van der Waals surface area contributed by atoms with E-state index < -0.39 is 53.4 Å². The Bertz CT molecular complexity index is 2290. The van der Waals surface area contributed by atoms with E-state index in [4.69, 9.17) is 9.47 Å². The number of fused-ring (bicyclic) bond motifs is 3. The lowest BCUT2D eigenvalue weighted by atomic mass is 9.65. The van der Waals surface area contributed by atoms with E-state index >= 15 is 0 Å². The Morgan fingerprint density at radius 3 is 2.18 bits per heavy atom. The topological polar surface area (TPSA) is 129 Å². The zero-order chi connectivity index (χ0) is 38.8. The van der Waals surface area contributed by atoms with Crippen LogP contribution in [0, 0.1) is 17.8 Å². The lowest BCUT2D eigenvalue weighted by Gasteiger charge is -2.46. The van der Waals surface area contributed by atoms with Crippen LogP contribution in [-0.2, 0) is 31.1 Å². The lowest BCUT2D eigenvalue weighted by molar-refractivity contribution is -0.179. The van der Waals surface area contributed by atoms with Gasteiger partial charge in [-0.25, -0.2) is 0 Å². The van der Waals surface area contributed by atoms with E-state index in [2.05, 4.69) is 34.2 Å². The number of anilines is 1. The molecule has 0 unspecified atom stereocenters. The third-order valence-corrected chi connectivity index (χ3v) is 11.0. The minimum atomic E-state index is -1.79. The van der Waals surface area contributed by atoms with Crippen molar-refractivity contribution in [2.24, 2.45) is 5.92 Å². The predicted octanol–water partition coefficient (Wildman–Crippen LogP) is 5.90. The molecule has 56 heavy (non-hydrogen) atoms. The van der Waals surface area contributed by atoms with Crippen molar-refractivity contribution in [1.29, 1.82) is 0 Å². The van der Waals surface area contributed by atoms with Crippen molar-refractivity contribution in [3.8, 4) is 17.6 Å². The molecule has 0 radical (unpaired) electrons. The molecule has 3 heterocycles. The molecule has 282 valence electrons. The third-order valence-electron chi connectivity index (χ3n) is 11.0. The van der Waals surface area contributed by atoms with Gasteiger partial charge in [0.05, 0.1) is 25.2 Å². The van der Waals surface area contributed by atoms with Gasteiger partial charge in [0, 0.05) is 17.8 Å². The summed E-state index contributed by atoms with van der Waals surface area (Å²) in [5, 5.41) is 23.7. The van der Waals surface area contributed by atoms with Crippen LogP contribution in [0.5, 0.6) is 5.75 Å². The first-order chi connectivity index (χ1) is 27.3. The van der Waals surface area contributed by atoms with Gasteiger partial charge in [-0.3, -0.25) is 24.2 Å². The van der Waals surface area contributed by atoms with Crippen LogP contribution in [0.4, 0.5) is 5.69 Å². The third kappa shape index (κ3) is 6.50. The largest absolute Gasteiger partial charge is 0.491 e. The standard InChI is InChI=1S/C46H41N3O7/c1-48(29-31-12-5-2-6-13-31)25-11-14-30-19-24-37-36(28-30)46(45(54)47-37)38(43(51)52)40-44(53)56-41(33-17-9-4-10-18-33)39(32-15-7-3-8-16-32)49(40)42(46)34-20-22-35(23-21-34)55-27-26-50/h2-10,12-13,15-24,28,38-42,50H,25-27,29H2,1H3,(H,47,54)(H,51,52)/t38-,39-,40-,41+,42+,46-/m1/s1. The zero-order valence-electron chi connectivity index (χ0n) is 30.7. The molecule has 2 saturated heterocycles. The summed E-state index contributed by atoms with van der Waals surface area (Å²) in [5.74, 6) is 2.91. The number of carboxylic acids is 1. The van der Waals surface area contributed by atoms with Gasteiger partial charge in [-0.1, -0.05) is 115 Å². The van der Waals surface area contributed by atoms with Crippen molar-refractivity contribution in [1.82, 2.24) is 9.80 Å². The molecule has 6 atom stereocenters. The second kappa shape index (κ2) is 15.5. The number of carboxylic acid groups (broad SMARTS) is 1. The number of carbonyl (C=O) groups is 3. The number of amides is 1. The van der Waals surface area contributed by atoms with Crippen molar-refractivity contribution in [3.63, 3.8) is 0 Å². The van der Waals surface area contributed by atoms with Gasteiger partial charge in [0.2, 0.25) is 5.91 Å². The second-order valence-corrected chi connectivity index (χ2v) is 14.4. The van der Waals surface area contributed by atoms with E-state index in [1.807, 2.05) is 96.9 Å². The highest BCUT2D eigenvalue weighted by Crippen LogP contribution is 2.64. The van der Waals surface area contributed by atoms with Gasteiger partial charge < -0.3 is 25.0 Å². The second-order valence-electron chi connectivity index (χ2n) is 14.4. The SMILES string of the molecule is CN(CC#Cc1ccc2c(c1)[C@]1(C(=O)N2)[C@H](c2ccc(OCCO)cc2)N2[C@H](c3ccccc3)[C@H](c3ccccc3)OC(=O)[C@H]2[C@@H]1C(=O)O)Cc1ccccc1. The molecule has 0 aromatic heterocycles. The van der Waals surface area contributed by atoms with Gasteiger partial charge in [-0.05, 0) is 65.2 Å². The Morgan fingerprint density at radius 2 is 1.52 bits per heavy atom. The Balaban J connectivity index is 1.30. The van der Waals surface area contributed by atoms with Gasteiger partial charge >= 0.3 is 11.9 Å². The zero-order valence-corrected chi connectivity index (χ0v) is 30.7. The van der Waals surface area contributed by atoms with Crippen molar-refractivity contribution in [2.45, 2.75) is 36.2 Å². The summed E-state index contributed by atoms with van der Waals surface area (Å²) < 4.78 is 12.0. The summed E-state index contributed by atoms with van der Waals surface area (Å²) in [6.45, 7) is 1.11. The Labute approximate surface area is 325 Å². The fraction of sp³-hybridized carbons (Fsp3) is 0.239. The van der Waals surface area contributed by atoms with E-state index in [-0.39, 0.29) is 13.2 Å². The van der Waals surface area contributed by atoms with Gasteiger partial charge in [-0.2, -0.15) is 0 Å². The molecule has 3 aliphatic rings. The van der Waals surface area contributed by atoms with Crippen LogP contribution in [0.3, 0.4) is 0 Å². The van der Waals surface area contributed by atoms with Crippen LogP contribution >= 0.6 is 0 Å². The van der Waals surface area contributed by atoms with E-state index in [9.17, 15) is 24.6 Å². The fourth-order valence-corrected chi connectivity index (χ4v) is 8.79. The molecule has 0 aliphatic carbocycles. The Hall–Kier alpha value is -6.25. The summed E-state index contributed by atoms with van der Waals surface area (Å²) in [4.78, 5) is 47.3. The number of aliphatic hydroxyl groups excluding tert-OH is 1. The van der Waals surface area contributed by atoms with Crippen LogP contribution in [-0.4, -0.2) is 70.7 Å². The molecule has 1 amide bonds. The van der Waals surface area contributed by atoms with E-state index in [1.54, 1.807) is 36.4 Å². The van der Waals surface area contributed by atoms with Gasteiger partial charge in [0.1, 0.15) is 35.8 Å². The van der Waals surface area contributed by atoms with E-state index in [1.165, 1.54) is 5.56 Å². The summed E-state index contributed by atoms with van der Waals surface area (Å²) in [6, 6.07) is 38.5. The average Bonchev–Trinajstić information content (AvgIpc) is 3.70. The minimum Gasteiger partial charge on any atom is -0.491 e. The molecule has 0 saturated carbocycles. The normalized spacial score (nSPS) is 23.8. The molecule has 5 aromatic carbocycles. The first kappa shape index (κ1) is 36.7. The smallest absolute Gasteiger partial charge is 0.325 e. The molecule has 0 bridgehead atoms. The number of hydrogen-bond acceptors (Lipinski definition) is 8. The van der Waals surface area contributed by atoms with Crippen LogP contribution in [0.2, 0.25) is 0 Å². The number of benzene rings is 5. The molecule has 3 N–H and O–H groups in total. The van der Waals surface area contributed by atoms with Crippen LogP contribution in [0.1, 0.15) is 51.6 Å². The van der Waals surface area contributed by atoms with Crippen LogP contribution < -0.4 is 10.1 Å². The highest BCUT2D eigenvalue weighted by molar-refractivity contribution is 6.11. The number of hydrogen-bond donors (Lipinski definition) is 3. The number of rotatable bonds is 10. The van der Waals surface area contributed by atoms with Crippen molar-refractivity contribution in [2.75, 3.05) is 32.1 Å². The van der Waals surface area contributed by atoms with E-state index in [0.717, 1.165) is 11.1 Å². The summed E-state index contributed by atoms with van der Waals surface area (Å²) in [6.07, 6.45) is -0.824. The number of esters is 1. The van der Waals surface area contributed by atoms with Crippen LogP contribution in [0.25, 0.3) is 0 Å². The van der Waals surface area contributed by atoms with Crippen molar-refractivity contribution < 1.29 is 34.1 Å². The van der Waals surface area contributed by atoms with Crippen LogP contribution in [0.15, 0.2) is 133 Å². The maximum absolute atomic E-state index is 14.9. The number of aliphatic hydroxyl groups is 1. The molecule has 2 fully saturated rings. The predicted molar refractivity (Wildman–Crippen MR) is 209 cm³/mol. The minimum absolute atomic E-state index is 0.0876. The quantitative estimate of drug-likeness (QED) is 0.118. The van der Waals surface area contributed by atoms with Gasteiger partial charge in [0.25, 0.3) is 0 Å². The highest BCUT2D eigenvalue weighted by atomic mass is 16.6. The number of nitrogens with zero attached hydrogens (tertiary/aromatic N) is 2. The number of morpholine rings is 1. The first-order valence-corrected chi connectivity index (χ1v) is 18.6. The molecule has 10 heteroatoms. The number of carbonyl (C=O) groups excluding carboxylic acids is 2. The fourth-order valence-electron chi connectivity index (χ4n) is 8.79. The lowest BCUT2D eigenvalue weighted by Crippen LogP contribution is -2.52. The van der Waals surface area contributed by atoms with Crippen molar-refractivity contribution in [3.05, 3.63) is 167 Å². The van der Waals surface area contributed by atoms with E-state index in [0.29, 0.717) is 41.2 Å². The summed E-state index contributed by atoms with van der Waals surface area (Å²) in [7, 11) is 1.99. The highest BCUT2D eigenvalue weighted by Gasteiger charge is 2.74. The van der Waals surface area contributed by atoms with Gasteiger partial charge in [0.15, 0.2) is 0 Å². The number of aliphatic carboxylic acids is 1. The molecular weight excluding hydrogens is 707 g/mol. The molecular formula is C46H41N3O7. The Kier molecular flexibility index (Phi) is 10.1. The summed E-state index contributed by atoms with van der Waals surface area (Å²) in [5.41, 5.74) is 3.04. The monoisotopic (exact) mass is 747 g/mol. The molecule has 1 spiro atoms.